The first kappa shape index (κ1) is 27.9. The molecule has 0 saturated carbocycles. The van der Waals surface area contributed by atoms with Gasteiger partial charge in [0.25, 0.3) is 0 Å². The molecule has 2 heterocycles. The molecule has 0 aliphatic heterocycles. The number of hydrogen-bond donors (Lipinski definition) is 5. The third-order valence-corrected chi connectivity index (χ3v) is 6.80. The van der Waals surface area contributed by atoms with Gasteiger partial charge in [-0.3, -0.25) is 24.1 Å². The molecule has 36 heavy (non-hydrogen) atoms. The van der Waals surface area contributed by atoms with E-state index in [-0.39, 0.29) is 25.0 Å². The van der Waals surface area contributed by atoms with E-state index in [0.717, 1.165) is 20.3 Å². The smallest absolute Gasteiger partial charge is 0.387 e. The Balaban J connectivity index is 1.87. The normalized spacial score (nSPS) is 15.3. The van der Waals surface area contributed by atoms with E-state index in [9.17, 15) is 19.6 Å². The van der Waals surface area contributed by atoms with Crippen LogP contribution in [0, 0.1) is 5.41 Å². The van der Waals surface area contributed by atoms with E-state index in [4.69, 9.17) is 26.8 Å². The van der Waals surface area contributed by atoms with Crippen LogP contribution in [0.3, 0.4) is 0 Å². The van der Waals surface area contributed by atoms with Crippen molar-refractivity contribution >= 4 is 19.4 Å². The van der Waals surface area contributed by atoms with Crippen LogP contribution in [0.1, 0.15) is 26.0 Å². The molecule has 1 aromatic carbocycles. The first-order valence-corrected chi connectivity index (χ1v) is 12.8. The summed E-state index contributed by atoms with van der Waals surface area (Å²) >= 11 is 6.32. The van der Waals surface area contributed by atoms with E-state index in [2.05, 4.69) is 9.51 Å². The second-order valence-corrected chi connectivity index (χ2v) is 10.5. The number of benzene rings is 1. The second-order valence-electron chi connectivity index (χ2n) is 8.84. The Morgan fingerprint density at radius 1 is 1.14 bits per heavy atom. The van der Waals surface area contributed by atoms with Crippen molar-refractivity contribution in [3.05, 3.63) is 81.5 Å². The highest BCUT2D eigenvalue weighted by Crippen LogP contribution is 2.37. The van der Waals surface area contributed by atoms with Gasteiger partial charge in [-0.2, -0.15) is 0 Å². The predicted molar refractivity (Wildman–Crippen MR) is 132 cm³/mol. The lowest BCUT2D eigenvalue weighted by Gasteiger charge is -2.38. The van der Waals surface area contributed by atoms with Crippen LogP contribution in [0.15, 0.2) is 59.7 Å². The summed E-state index contributed by atoms with van der Waals surface area (Å²) in [6.07, 6.45) is 2.49. The van der Waals surface area contributed by atoms with Crippen LogP contribution < -0.4 is 11.2 Å². The van der Waals surface area contributed by atoms with Gasteiger partial charge >= 0.3 is 13.5 Å². The molecule has 3 rings (SSSR count). The number of phosphoric acid groups is 1. The standard InChI is InChI=1S/C23H28ClN4O7P/c1-22(30,9-11-35-36(32,33)34)23(2,31)15-27-10-8-20(25)28(21(27)29)14-17-12-18(19(24)13-26-17)16-6-4-3-5-7-16/h3-8,10,12-13,25,30-31H,9,11,14-15H2,1-2H3,(H2,32,33,34). The number of aromatic nitrogens is 3. The lowest BCUT2D eigenvalue weighted by molar-refractivity contribution is -0.147. The van der Waals surface area contributed by atoms with Gasteiger partial charge in [-0.05, 0) is 31.5 Å². The molecule has 2 unspecified atom stereocenters. The summed E-state index contributed by atoms with van der Waals surface area (Å²) in [7, 11) is -4.74. The number of halogens is 1. The molecule has 2 atom stereocenters. The maximum Gasteiger partial charge on any atom is 0.469 e. The Morgan fingerprint density at radius 2 is 1.81 bits per heavy atom. The number of nitrogens with zero attached hydrogens (tertiary/aromatic N) is 3. The first-order chi connectivity index (χ1) is 16.7. The molecule has 0 radical (unpaired) electrons. The summed E-state index contributed by atoms with van der Waals surface area (Å²) in [5, 5.41) is 30.4. The van der Waals surface area contributed by atoms with E-state index in [1.165, 1.54) is 32.3 Å². The quantitative estimate of drug-likeness (QED) is 0.243. The van der Waals surface area contributed by atoms with Crippen molar-refractivity contribution < 1.29 is 29.1 Å². The summed E-state index contributed by atoms with van der Waals surface area (Å²) in [5.41, 5.74) is -2.39. The largest absolute Gasteiger partial charge is 0.469 e. The van der Waals surface area contributed by atoms with Crippen LogP contribution in [-0.4, -0.2) is 51.9 Å². The van der Waals surface area contributed by atoms with Crippen LogP contribution in [0.4, 0.5) is 0 Å². The molecule has 0 bridgehead atoms. The van der Waals surface area contributed by atoms with Gasteiger partial charge in [0.05, 0.1) is 36.0 Å². The average molecular weight is 539 g/mol. The van der Waals surface area contributed by atoms with Crippen molar-refractivity contribution in [1.29, 1.82) is 5.41 Å². The highest BCUT2D eigenvalue weighted by molar-refractivity contribution is 7.46. The summed E-state index contributed by atoms with van der Waals surface area (Å²) in [4.78, 5) is 35.1. The van der Waals surface area contributed by atoms with Gasteiger partial charge in [-0.15, -0.1) is 0 Å². The lowest BCUT2D eigenvalue weighted by atomic mass is 9.83. The van der Waals surface area contributed by atoms with E-state index >= 15 is 0 Å². The Morgan fingerprint density at radius 3 is 2.44 bits per heavy atom. The van der Waals surface area contributed by atoms with Crippen molar-refractivity contribution in [3.8, 4) is 11.1 Å². The predicted octanol–water partition coefficient (Wildman–Crippen LogP) is 1.89. The summed E-state index contributed by atoms with van der Waals surface area (Å²) in [6, 6.07) is 12.5. The van der Waals surface area contributed by atoms with Crippen molar-refractivity contribution in [2.24, 2.45) is 0 Å². The lowest BCUT2D eigenvalue weighted by Crippen LogP contribution is -2.55. The fourth-order valence-electron chi connectivity index (χ4n) is 3.55. The number of pyridine rings is 1. The first-order valence-electron chi connectivity index (χ1n) is 10.9. The molecule has 11 nitrogen and oxygen atoms in total. The van der Waals surface area contributed by atoms with Gasteiger partial charge in [0.1, 0.15) is 11.1 Å². The number of phosphoric ester groups is 1. The van der Waals surface area contributed by atoms with Crippen molar-refractivity contribution in [2.45, 2.75) is 44.6 Å². The maximum atomic E-state index is 13.2. The maximum absolute atomic E-state index is 13.2. The van der Waals surface area contributed by atoms with Crippen LogP contribution in [-0.2, 0) is 22.2 Å². The highest BCUT2D eigenvalue weighted by atomic mass is 35.5. The van der Waals surface area contributed by atoms with Crippen LogP contribution >= 0.6 is 19.4 Å². The topological polar surface area (TPSA) is 171 Å². The zero-order chi connectivity index (χ0) is 26.7. The number of aliphatic hydroxyl groups is 2. The van der Waals surface area contributed by atoms with E-state index in [0.29, 0.717) is 10.7 Å². The highest BCUT2D eigenvalue weighted by Gasteiger charge is 2.42. The monoisotopic (exact) mass is 538 g/mol. The van der Waals surface area contributed by atoms with Gasteiger partial charge in [0, 0.05) is 24.4 Å². The summed E-state index contributed by atoms with van der Waals surface area (Å²) < 4.78 is 17.6. The molecular weight excluding hydrogens is 511 g/mol. The molecule has 5 N–H and O–H groups in total. The molecule has 0 saturated heterocycles. The van der Waals surface area contributed by atoms with Gasteiger partial charge in [0.15, 0.2) is 0 Å². The molecular formula is C23H28ClN4O7P. The Labute approximate surface area is 212 Å². The van der Waals surface area contributed by atoms with Crippen molar-refractivity contribution in [1.82, 2.24) is 14.1 Å². The fraction of sp³-hybridized carbons (Fsp3) is 0.348. The zero-order valence-electron chi connectivity index (χ0n) is 19.7. The molecule has 0 spiro atoms. The molecule has 0 amide bonds. The molecule has 3 aromatic rings. The van der Waals surface area contributed by atoms with Gasteiger partial charge in [-0.1, -0.05) is 41.9 Å². The van der Waals surface area contributed by atoms with Crippen molar-refractivity contribution in [2.75, 3.05) is 6.61 Å². The van der Waals surface area contributed by atoms with E-state index < -0.39 is 31.3 Å². The summed E-state index contributed by atoms with van der Waals surface area (Å²) in [6.45, 7) is 1.65. The molecule has 0 aliphatic carbocycles. The Kier molecular flexibility index (Phi) is 8.37. The average Bonchev–Trinajstić information content (AvgIpc) is 2.79. The third-order valence-electron chi connectivity index (χ3n) is 5.98. The molecule has 0 aliphatic rings. The molecule has 2 aromatic heterocycles. The number of rotatable bonds is 10. The molecule has 0 fully saturated rings. The Bertz CT molecular complexity index is 1380. The van der Waals surface area contributed by atoms with Crippen LogP contribution in [0.5, 0.6) is 0 Å². The van der Waals surface area contributed by atoms with E-state index in [1.807, 2.05) is 30.3 Å². The minimum Gasteiger partial charge on any atom is -0.387 e. The SMILES string of the molecule is CC(O)(CCOP(=O)(O)O)C(C)(O)Cn1ccc(=N)n(Cc2cc(-c3ccccc3)c(Cl)cn2)c1=O. The van der Waals surface area contributed by atoms with Gasteiger partial charge in [0.2, 0.25) is 0 Å². The third kappa shape index (κ3) is 6.77. The summed E-state index contributed by atoms with van der Waals surface area (Å²) in [5.74, 6) is 0. The molecule has 194 valence electrons. The fourth-order valence-corrected chi connectivity index (χ4v) is 4.09. The number of hydrogen-bond acceptors (Lipinski definition) is 7. The van der Waals surface area contributed by atoms with Crippen LogP contribution in [0.25, 0.3) is 11.1 Å². The zero-order valence-corrected chi connectivity index (χ0v) is 21.4. The van der Waals surface area contributed by atoms with Crippen molar-refractivity contribution in [3.63, 3.8) is 0 Å². The minimum absolute atomic E-state index is 0.0375. The van der Waals surface area contributed by atoms with Gasteiger partial charge in [-0.25, -0.2) is 9.36 Å². The van der Waals surface area contributed by atoms with Gasteiger partial charge < -0.3 is 20.0 Å². The van der Waals surface area contributed by atoms with E-state index in [1.54, 1.807) is 6.07 Å². The molecule has 13 heteroatoms. The Hall–Kier alpha value is -2.63. The minimum atomic E-state index is -4.74. The second kappa shape index (κ2) is 10.8. The van der Waals surface area contributed by atoms with Crippen LogP contribution in [0.2, 0.25) is 5.02 Å². The number of nitrogens with one attached hydrogen (secondary N) is 1.